The van der Waals surface area contributed by atoms with Crippen molar-refractivity contribution in [2.24, 2.45) is 5.10 Å². The Labute approximate surface area is 243 Å². The van der Waals surface area contributed by atoms with Crippen LogP contribution in [-0.4, -0.2) is 41.0 Å². The number of carboxylic acids is 1. The summed E-state index contributed by atoms with van der Waals surface area (Å²) in [6.45, 7) is 2.72. The molecule has 10 heteroatoms. The number of hydrazone groups is 1. The number of amides is 3. The van der Waals surface area contributed by atoms with Gasteiger partial charge in [-0.05, 0) is 66.9 Å². The van der Waals surface area contributed by atoms with E-state index in [2.05, 4.69) is 22.8 Å². The fraction of sp³-hybridized carbons (Fsp3) is 0.290. The maximum absolute atomic E-state index is 13.5. The van der Waals surface area contributed by atoms with E-state index in [-0.39, 0.29) is 22.9 Å². The first kappa shape index (κ1) is 29.8. The number of carboxylic acid groups (broad SMARTS) is 1. The number of anilines is 2. The van der Waals surface area contributed by atoms with Crippen LogP contribution in [0.15, 0.2) is 76.7 Å². The Morgan fingerprint density at radius 3 is 2.51 bits per heavy atom. The number of nitrogens with one attached hydrogen (secondary N) is 2. The molecule has 41 heavy (non-hydrogen) atoms. The molecule has 214 valence electrons. The highest BCUT2D eigenvalue weighted by molar-refractivity contribution is 7.99. The lowest BCUT2D eigenvalue weighted by molar-refractivity contribution is -0.112. The van der Waals surface area contributed by atoms with E-state index in [0.717, 1.165) is 60.4 Å². The summed E-state index contributed by atoms with van der Waals surface area (Å²) in [5.41, 5.74) is 5.49. The van der Waals surface area contributed by atoms with Gasteiger partial charge in [0.1, 0.15) is 5.82 Å². The number of aryl methyl sites for hydroxylation is 1. The van der Waals surface area contributed by atoms with Crippen LogP contribution < -0.4 is 15.6 Å². The van der Waals surface area contributed by atoms with Gasteiger partial charge in [-0.3, -0.25) is 4.79 Å². The second-order valence-electron chi connectivity index (χ2n) is 9.69. The molecule has 0 aromatic heterocycles. The zero-order valence-corrected chi connectivity index (χ0v) is 23.7. The lowest BCUT2D eigenvalue weighted by Crippen LogP contribution is -2.33. The van der Waals surface area contributed by atoms with Crippen LogP contribution >= 0.6 is 11.8 Å². The minimum Gasteiger partial charge on any atom is -0.478 e. The number of unbranched alkanes of at least 4 members (excludes halogenated alkanes) is 4. The number of hydrogen-bond acceptors (Lipinski definition) is 5. The van der Waals surface area contributed by atoms with Crippen molar-refractivity contribution in [3.8, 4) is 0 Å². The number of hydrogen-bond donors (Lipinski definition) is 3. The first-order valence-electron chi connectivity index (χ1n) is 13.7. The Bertz CT molecular complexity index is 1430. The van der Waals surface area contributed by atoms with Crippen LogP contribution in [0.4, 0.5) is 20.6 Å². The summed E-state index contributed by atoms with van der Waals surface area (Å²) in [6, 6.07) is 17.4. The number of urea groups is 1. The van der Waals surface area contributed by atoms with Crippen molar-refractivity contribution in [3.05, 3.63) is 89.2 Å². The Hall–Kier alpha value is -4.18. The van der Waals surface area contributed by atoms with Gasteiger partial charge in [0.05, 0.1) is 11.3 Å². The first-order chi connectivity index (χ1) is 19.9. The molecule has 3 aromatic carbocycles. The standard InChI is InChI=1S/C31H33FN4O4S/c1-2-3-4-5-6-17-36-27-15-14-25(41-18-16-21-10-12-22(13-11-21)30(38)39)20-26(27)28(29(36)37)34-35-31(40)33-24-9-7-8-23(32)19-24/h7-15,19-20H,2-6,16-18H2,1H3,(H,38,39)(H2,33,35,40)/b34-28+. The van der Waals surface area contributed by atoms with Crippen molar-refractivity contribution < 1.29 is 23.9 Å². The van der Waals surface area contributed by atoms with Crippen molar-refractivity contribution >= 4 is 46.8 Å². The number of carbonyl (C=O) groups is 3. The molecule has 1 heterocycles. The molecule has 0 saturated heterocycles. The molecule has 3 amide bonds. The minimum atomic E-state index is -0.952. The van der Waals surface area contributed by atoms with Gasteiger partial charge in [-0.25, -0.2) is 19.4 Å². The molecule has 3 N–H and O–H groups in total. The second-order valence-corrected chi connectivity index (χ2v) is 10.9. The smallest absolute Gasteiger partial charge is 0.339 e. The molecule has 0 atom stereocenters. The molecule has 0 radical (unpaired) electrons. The second kappa shape index (κ2) is 14.5. The van der Waals surface area contributed by atoms with Gasteiger partial charge in [0.15, 0.2) is 5.71 Å². The number of carbonyl (C=O) groups excluding carboxylic acids is 2. The van der Waals surface area contributed by atoms with E-state index in [1.54, 1.807) is 34.9 Å². The van der Waals surface area contributed by atoms with Gasteiger partial charge in [-0.1, -0.05) is 50.8 Å². The van der Waals surface area contributed by atoms with E-state index in [1.165, 1.54) is 18.2 Å². The SMILES string of the molecule is CCCCCCCN1C(=O)/C(=N/NC(=O)Nc2cccc(F)c2)c2cc(SCCc3ccc(C(=O)O)cc3)ccc21. The summed E-state index contributed by atoms with van der Waals surface area (Å²) in [5.74, 6) is -0.957. The predicted octanol–water partition coefficient (Wildman–Crippen LogP) is 6.70. The number of thioether (sulfide) groups is 1. The molecular formula is C31H33FN4O4S. The van der Waals surface area contributed by atoms with E-state index in [9.17, 15) is 18.8 Å². The third-order valence-corrected chi connectivity index (χ3v) is 7.65. The number of rotatable bonds is 13. The maximum atomic E-state index is 13.5. The number of fused-ring (bicyclic) bond motifs is 1. The van der Waals surface area contributed by atoms with Crippen LogP contribution in [0.25, 0.3) is 0 Å². The van der Waals surface area contributed by atoms with Crippen molar-refractivity contribution in [2.45, 2.75) is 50.3 Å². The van der Waals surface area contributed by atoms with E-state index in [1.807, 2.05) is 30.3 Å². The molecule has 1 aliphatic heterocycles. The zero-order chi connectivity index (χ0) is 29.2. The van der Waals surface area contributed by atoms with Gasteiger partial charge in [0.2, 0.25) is 0 Å². The lowest BCUT2D eigenvalue weighted by atomic mass is 10.1. The average molecular weight is 577 g/mol. The molecule has 0 fully saturated rings. The molecule has 0 saturated carbocycles. The topological polar surface area (TPSA) is 111 Å². The van der Waals surface area contributed by atoms with Crippen LogP contribution in [0.2, 0.25) is 0 Å². The van der Waals surface area contributed by atoms with Gasteiger partial charge < -0.3 is 15.3 Å². The van der Waals surface area contributed by atoms with Crippen LogP contribution in [0.3, 0.4) is 0 Å². The Kier molecular flexibility index (Phi) is 10.5. The summed E-state index contributed by atoms with van der Waals surface area (Å²) >= 11 is 1.61. The monoisotopic (exact) mass is 576 g/mol. The summed E-state index contributed by atoms with van der Waals surface area (Å²) in [5, 5.41) is 15.8. The third-order valence-electron chi connectivity index (χ3n) is 6.66. The molecule has 3 aromatic rings. The maximum Gasteiger partial charge on any atom is 0.339 e. The van der Waals surface area contributed by atoms with Gasteiger partial charge in [-0.15, -0.1) is 11.8 Å². The Morgan fingerprint density at radius 2 is 1.78 bits per heavy atom. The Morgan fingerprint density at radius 1 is 1.00 bits per heavy atom. The normalized spacial score (nSPS) is 13.4. The molecule has 8 nitrogen and oxygen atoms in total. The average Bonchev–Trinajstić information content (AvgIpc) is 3.21. The van der Waals surface area contributed by atoms with E-state index in [4.69, 9.17) is 5.11 Å². The van der Waals surface area contributed by atoms with E-state index >= 15 is 0 Å². The van der Waals surface area contributed by atoms with Gasteiger partial charge in [0, 0.05) is 28.4 Å². The van der Waals surface area contributed by atoms with Crippen molar-refractivity contribution in [1.29, 1.82) is 0 Å². The third kappa shape index (κ3) is 8.17. The number of halogens is 1. The molecule has 4 rings (SSSR count). The van der Waals surface area contributed by atoms with Gasteiger partial charge >= 0.3 is 12.0 Å². The first-order valence-corrected chi connectivity index (χ1v) is 14.7. The van der Waals surface area contributed by atoms with Crippen molar-refractivity contribution in [1.82, 2.24) is 5.43 Å². The highest BCUT2D eigenvalue weighted by atomic mass is 32.2. The quantitative estimate of drug-likeness (QED) is 0.119. The highest BCUT2D eigenvalue weighted by Gasteiger charge is 2.34. The highest BCUT2D eigenvalue weighted by Crippen LogP contribution is 2.34. The molecule has 0 unspecified atom stereocenters. The summed E-state index contributed by atoms with van der Waals surface area (Å²) < 4.78 is 13.5. The largest absolute Gasteiger partial charge is 0.478 e. The molecular weight excluding hydrogens is 543 g/mol. The van der Waals surface area contributed by atoms with Gasteiger partial charge in [0.25, 0.3) is 5.91 Å². The molecule has 1 aliphatic rings. The minimum absolute atomic E-state index is 0.148. The molecule has 0 bridgehead atoms. The molecule has 0 spiro atoms. The fourth-order valence-corrected chi connectivity index (χ4v) is 5.46. The van der Waals surface area contributed by atoms with E-state index in [0.29, 0.717) is 12.1 Å². The predicted molar refractivity (Wildman–Crippen MR) is 160 cm³/mol. The van der Waals surface area contributed by atoms with Crippen molar-refractivity contribution in [3.63, 3.8) is 0 Å². The van der Waals surface area contributed by atoms with Crippen LogP contribution in [0.1, 0.15) is 60.5 Å². The fourth-order valence-electron chi connectivity index (χ4n) is 4.52. The Balaban J connectivity index is 1.46. The summed E-state index contributed by atoms with van der Waals surface area (Å²) in [7, 11) is 0. The van der Waals surface area contributed by atoms with Crippen LogP contribution in [0, 0.1) is 5.82 Å². The van der Waals surface area contributed by atoms with Gasteiger partial charge in [-0.2, -0.15) is 5.10 Å². The molecule has 0 aliphatic carbocycles. The summed E-state index contributed by atoms with van der Waals surface area (Å²) in [4.78, 5) is 39.6. The van der Waals surface area contributed by atoms with E-state index < -0.39 is 17.8 Å². The number of aromatic carboxylic acids is 1. The van der Waals surface area contributed by atoms with Crippen LogP contribution in [-0.2, 0) is 11.2 Å². The number of benzene rings is 3. The number of nitrogens with zero attached hydrogens (tertiary/aromatic N) is 2. The lowest BCUT2D eigenvalue weighted by Gasteiger charge is -2.17. The summed E-state index contributed by atoms with van der Waals surface area (Å²) in [6.07, 6.45) is 6.04. The van der Waals surface area contributed by atoms with Crippen molar-refractivity contribution in [2.75, 3.05) is 22.5 Å². The van der Waals surface area contributed by atoms with Crippen LogP contribution in [0.5, 0.6) is 0 Å². The zero-order valence-electron chi connectivity index (χ0n) is 22.9.